The number of urea groups is 1. The smallest absolute Gasteiger partial charge is 0.325 e. The molecule has 1 spiro atoms. The predicted molar refractivity (Wildman–Crippen MR) is 104 cm³/mol. The number of nitrogens with one attached hydrogen (secondary N) is 2. The van der Waals surface area contributed by atoms with E-state index >= 15 is 0 Å². The number of aryl methyl sites for hydroxylation is 1. The van der Waals surface area contributed by atoms with Gasteiger partial charge >= 0.3 is 6.03 Å². The summed E-state index contributed by atoms with van der Waals surface area (Å²) in [6, 6.07) is 14.5. The van der Waals surface area contributed by atoms with Crippen molar-refractivity contribution in [2.24, 2.45) is 0 Å². The van der Waals surface area contributed by atoms with E-state index in [9.17, 15) is 14.4 Å². The molecular weight excluding hydrogens is 370 g/mol. The average Bonchev–Trinajstić information content (AvgIpc) is 3.22. The van der Waals surface area contributed by atoms with Crippen molar-refractivity contribution in [2.75, 3.05) is 13.2 Å². The van der Waals surface area contributed by atoms with E-state index in [1.165, 1.54) is 0 Å². The highest BCUT2D eigenvalue weighted by Gasteiger charge is 2.55. The van der Waals surface area contributed by atoms with Crippen molar-refractivity contribution in [3.8, 4) is 5.75 Å². The maximum absolute atomic E-state index is 13.2. The molecule has 4 amide bonds. The summed E-state index contributed by atoms with van der Waals surface area (Å²) < 4.78 is 5.62. The van der Waals surface area contributed by atoms with E-state index in [1.54, 1.807) is 0 Å². The monoisotopic (exact) mass is 391 g/mol. The Labute approximate surface area is 168 Å². The van der Waals surface area contributed by atoms with Crippen molar-refractivity contribution < 1.29 is 19.1 Å². The molecule has 29 heavy (non-hydrogen) atoms. The molecule has 0 aromatic heterocycles. The fraction of sp³-hybridized carbons (Fsp3) is 0.318. The molecule has 7 nitrogen and oxygen atoms in total. The van der Waals surface area contributed by atoms with E-state index in [4.69, 9.17) is 4.74 Å². The Bertz CT molecular complexity index is 1020. The second kappa shape index (κ2) is 6.62. The highest BCUT2D eigenvalue weighted by atomic mass is 16.5. The molecule has 2 aliphatic heterocycles. The summed E-state index contributed by atoms with van der Waals surface area (Å²) in [5.74, 6) is 0.0362. The van der Waals surface area contributed by atoms with Crippen LogP contribution in [0.25, 0.3) is 0 Å². The first kappa shape index (κ1) is 17.7. The Kier molecular flexibility index (Phi) is 4.04. The molecule has 2 aromatic rings. The van der Waals surface area contributed by atoms with Gasteiger partial charge in [-0.15, -0.1) is 0 Å². The lowest BCUT2D eigenvalue weighted by atomic mass is 9.92. The number of imide groups is 1. The van der Waals surface area contributed by atoms with E-state index in [0.29, 0.717) is 19.4 Å². The fourth-order valence-electron chi connectivity index (χ4n) is 4.61. The summed E-state index contributed by atoms with van der Waals surface area (Å²) in [7, 11) is 0. The zero-order chi connectivity index (χ0) is 20.0. The van der Waals surface area contributed by atoms with Gasteiger partial charge in [0.15, 0.2) is 0 Å². The summed E-state index contributed by atoms with van der Waals surface area (Å²) in [6.45, 7) is 0.207. The summed E-state index contributed by atoms with van der Waals surface area (Å²) in [4.78, 5) is 39.5. The normalized spacial score (nSPS) is 24.7. The van der Waals surface area contributed by atoms with Gasteiger partial charge in [-0.1, -0.05) is 42.5 Å². The molecule has 2 N–H and O–H groups in total. The Hall–Kier alpha value is -3.35. The summed E-state index contributed by atoms with van der Waals surface area (Å²) >= 11 is 0. The van der Waals surface area contributed by atoms with Crippen molar-refractivity contribution in [3.63, 3.8) is 0 Å². The third-order valence-corrected chi connectivity index (χ3v) is 6.02. The maximum Gasteiger partial charge on any atom is 0.325 e. The summed E-state index contributed by atoms with van der Waals surface area (Å²) in [6.07, 6.45) is 1.88. The quantitative estimate of drug-likeness (QED) is 0.784. The number of fused-ring (bicyclic) bond motifs is 3. The van der Waals surface area contributed by atoms with Crippen LogP contribution >= 0.6 is 0 Å². The van der Waals surface area contributed by atoms with Gasteiger partial charge in [-0.25, -0.2) is 4.79 Å². The average molecular weight is 391 g/mol. The van der Waals surface area contributed by atoms with E-state index in [0.717, 1.165) is 33.8 Å². The minimum Gasteiger partial charge on any atom is -0.493 e. The van der Waals surface area contributed by atoms with Crippen LogP contribution in [-0.2, 0) is 21.5 Å². The molecule has 2 aromatic carbocycles. The number of hydrogen-bond donors (Lipinski definition) is 2. The maximum atomic E-state index is 13.2. The molecule has 5 rings (SSSR count). The predicted octanol–water partition coefficient (Wildman–Crippen LogP) is 2.02. The largest absolute Gasteiger partial charge is 0.493 e. The van der Waals surface area contributed by atoms with Gasteiger partial charge < -0.3 is 15.4 Å². The third kappa shape index (κ3) is 2.76. The molecular formula is C22H21N3O4. The van der Waals surface area contributed by atoms with Gasteiger partial charge in [0, 0.05) is 12.0 Å². The number of hydrogen-bond acceptors (Lipinski definition) is 4. The Morgan fingerprint density at radius 1 is 1.17 bits per heavy atom. The molecule has 0 bridgehead atoms. The van der Waals surface area contributed by atoms with E-state index in [2.05, 4.69) is 10.6 Å². The summed E-state index contributed by atoms with van der Waals surface area (Å²) in [5.41, 5.74) is 1.76. The Balaban J connectivity index is 1.32. The van der Waals surface area contributed by atoms with Crippen LogP contribution in [0, 0.1) is 0 Å². The van der Waals surface area contributed by atoms with Crippen LogP contribution in [0.2, 0.25) is 0 Å². The van der Waals surface area contributed by atoms with E-state index in [-0.39, 0.29) is 24.4 Å². The van der Waals surface area contributed by atoms with Crippen LogP contribution in [0.1, 0.15) is 35.6 Å². The van der Waals surface area contributed by atoms with Crippen LogP contribution in [0.3, 0.4) is 0 Å². The highest BCUT2D eigenvalue weighted by molar-refractivity contribution is 6.09. The van der Waals surface area contributed by atoms with Gasteiger partial charge in [-0.3, -0.25) is 14.5 Å². The van der Waals surface area contributed by atoms with E-state index < -0.39 is 11.6 Å². The van der Waals surface area contributed by atoms with Crippen molar-refractivity contribution >= 4 is 17.8 Å². The first-order chi connectivity index (χ1) is 14.1. The molecule has 1 fully saturated rings. The molecule has 2 heterocycles. The number of rotatable bonds is 3. The van der Waals surface area contributed by atoms with Crippen molar-refractivity contribution in [1.29, 1.82) is 0 Å². The standard InChI is InChI=1S/C22H21N3O4/c26-19(23-17-10-12-29-18-8-4-2-6-15(17)18)13-25-20(27)22(24-21(25)28)11-9-14-5-1-3-7-16(14)22/h1-8,17H,9-13H2,(H,23,26)(H,24,28)/t17-,22-/m0/s1. The first-order valence-electron chi connectivity index (χ1n) is 9.82. The van der Waals surface area contributed by atoms with Gasteiger partial charge in [0.2, 0.25) is 5.91 Å². The zero-order valence-electron chi connectivity index (χ0n) is 15.8. The zero-order valence-corrected chi connectivity index (χ0v) is 15.8. The minimum atomic E-state index is -1.04. The van der Waals surface area contributed by atoms with Crippen molar-refractivity contribution in [3.05, 3.63) is 65.2 Å². The second-order valence-electron chi connectivity index (χ2n) is 7.68. The number of carbonyl (C=O) groups excluding carboxylic acids is 3. The van der Waals surface area contributed by atoms with Crippen LogP contribution in [-0.4, -0.2) is 35.9 Å². The SMILES string of the molecule is O=C(CN1C(=O)N[C@]2(CCc3ccccc32)C1=O)N[C@H]1CCOc2ccccc21. The van der Waals surface area contributed by atoms with Crippen LogP contribution in [0.5, 0.6) is 5.75 Å². The number of ether oxygens (including phenoxy) is 1. The molecule has 3 aliphatic rings. The lowest BCUT2D eigenvalue weighted by molar-refractivity contribution is -0.135. The number of amides is 4. The molecule has 1 aliphatic carbocycles. The number of carbonyl (C=O) groups is 3. The van der Waals surface area contributed by atoms with Gasteiger partial charge in [0.1, 0.15) is 17.8 Å². The van der Waals surface area contributed by atoms with Crippen LogP contribution in [0.4, 0.5) is 4.79 Å². The Morgan fingerprint density at radius 3 is 2.86 bits per heavy atom. The molecule has 1 saturated heterocycles. The molecule has 0 unspecified atom stereocenters. The summed E-state index contributed by atoms with van der Waals surface area (Å²) in [5, 5.41) is 5.80. The van der Waals surface area contributed by atoms with Crippen molar-refractivity contribution in [1.82, 2.24) is 15.5 Å². The lowest BCUT2D eigenvalue weighted by Gasteiger charge is -2.27. The second-order valence-corrected chi connectivity index (χ2v) is 7.68. The molecule has 2 atom stereocenters. The Morgan fingerprint density at radius 2 is 1.97 bits per heavy atom. The topological polar surface area (TPSA) is 87.7 Å². The third-order valence-electron chi connectivity index (χ3n) is 6.02. The molecule has 0 saturated carbocycles. The van der Waals surface area contributed by atoms with E-state index in [1.807, 2.05) is 48.5 Å². The molecule has 7 heteroatoms. The van der Waals surface area contributed by atoms with Gasteiger partial charge in [0.25, 0.3) is 5.91 Å². The van der Waals surface area contributed by atoms with Gasteiger partial charge in [-0.05, 0) is 30.0 Å². The van der Waals surface area contributed by atoms with Crippen LogP contribution < -0.4 is 15.4 Å². The molecule has 148 valence electrons. The number of benzene rings is 2. The molecule has 0 radical (unpaired) electrons. The van der Waals surface area contributed by atoms with Crippen molar-refractivity contribution in [2.45, 2.75) is 30.8 Å². The minimum absolute atomic E-state index is 0.200. The van der Waals surface area contributed by atoms with Gasteiger partial charge in [-0.2, -0.15) is 0 Å². The highest BCUT2D eigenvalue weighted by Crippen LogP contribution is 2.41. The lowest BCUT2D eigenvalue weighted by Crippen LogP contribution is -2.44. The van der Waals surface area contributed by atoms with Crippen LogP contribution in [0.15, 0.2) is 48.5 Å². The fourth-order valence-corrected chi connectivity index (χ4v) is 4.61. The van der Waals surface area contributed by atoms with Gasteiger partial charge in [0.05, 0.1) is 12.6 Å². The number of para-hydroxylation sites is 1. The first-order valence-corrected chi connectivity index (χ1v) is 9.82. The number of nitrogens with zero attached hydrogens (tertiary/aromatic N) is 1.